The fraction of sp³-hybridized carbons (Fsp3) is 0.500. The van der Waals surface area contributed by atoms with Crippen LogP contribution in [0.2, 0.25) is 0 Å². The zero-order chi connectivity index (χ0) is 17.7. The summed E-state index contributed by atoms with van der Waals surface area (Å²) in [7, 11) is 0. The molecule has 136 valence electrons. The van der Waals surface area contributed by atoms with E-state index < -0.39 is 6.10 Å². The normalized spacial score (nSPS) is 20.1. The standard InChI is InChI=1S/C20H23N3O3/c24-19(13-3-4-13)17-11-16-12-22(7-8-23(16)21-17)20(25)15-5-6-18-14(10-15)2-1-9-26-18/h5-6,10-11,13,19,24H,1-4,7-9,12H2/t19-/m0/s1. The third-order valence-corrected chi connectivity index (χ3v) is 5.63. The van der Waals surface area contributed by atoms with Gasteiger partial charge in [0.2, 0.25) is 0 Å². The molecule has 0 spiro atoms. The maximum atomic E-state index is 13.0. The summed E-state index contributed by atoms with van der Waals surface area (Å²) in [6, 6.07) is 7.72. The van der Waals surface area contributed by atoms with Crippen molar-refractivity contribution in [2.24, 2.45) is 5.92 Å². The van der Waals surface area contributed by atoms with Crippen LogP contribution in [0, 0.1) is 5.92 Å². The van der Waals surface area contributed by atoms with Gasteiger partial charge in [-0.2, -0.15) is 5.10 Å². The average Bonchev–Trinajstić information content (AvgIpc) is 3.44. The van der Waals surface area contributed by atoms with E-state index in [1.54, 1.807) is 0 Å². The largest absolute Gasteiger partial charge is 0.493 e. The van der Waals surface area contributed by atoms with Crippen LogP contribution in [0.15, 0.2) is 24.3 Å². The summed E-state index contributed by atoms with van der Waals surface area (Å²) in [6.07, 6.45) is 3.66. The molecule has 3 heterocycles. The van der Waals surface area contributed by atoms with Gasteiger partial charge in [-0.05, 0) is 61.4 Å². The van der Waals surface area contributed by atoms with E-state index in [-0.39, 0.29) is 5.91 Å². The monoisotopic (exact) mass is 353 g/mol. The van der Waals surface area contributed by atoms with Crippen LogP contribution < -0.4 is 4.74 Å². The molecule has 2 aliphatic heterocycles. The lowest BCUT2D eigenvalue weighted by Gasteiger charge is -2.28. The number of rotatable bonds is 3. The summed E-state index contributed by atoms with van der Waals surface area (Å²) in [5, 5.41) is 14.9. The molecule has 1 aromatic heterocycles. The van der Waals surface area contributed by atoms with Gasteiger partial charge in [-0.15, -0.1) is 0 Å². The first-order valence-electron chi connectivity index (χ1n) is 9.49. The molecule has 3 aliphatic rings. The number of aliphatic hydroxyl groups is 1. The van der Waals surface area contributed by atoms with Crippen LogP contribution in [-0.2, 0) is 19.5 Å². The van der Waals surface area contributed by atoms with Crippen LogP contribution in [0.3, 0.4) is 0 Å². The predicted molar refractivity (Wildman–Crippen MR) is 94.9 cm³/mol. The molecule has 1 atom stereocenters. The van der Waals surface area contributed by atoms with Crippen molar-refractivity contribution < 1.29 is 14.6 Å². The molecule has 0 bridgehead atoms. The maximum absolute atomic E-state index is 13.0. The average molecular weight is 353 g/mol. The number of carbonyl (C=O) groups is 1. The quantitative estimate of drug-likeness (QED) is 0.919. The second-order valence-corrected chi connectivity index (χ2v) is 7.57. The minimum Gasteiger partial charge on any atom is -0.493 e. The highest BCUT2D eigenvalue weighted by molar-refractivity contribution is 5.94. The van der Waals surface area contributed by atoms with Crippen LogP contribution >= 0.6 is 0 Å². The van der Waals surface area contributed by atoms with E-state index >= 15 is 0 Å². The molecule has 0 saturated heterocycles. The Kier molecular flexibility index (Phi) is 3.74. The van der Waals surface area contributed by atoms with E-state index in [2.05, 4.69) is 5.10 Å². The summed E-state index contributed by atoms with van der Waals surface area (Å²) in [6.45, 7) is 2.61. The first-order valence-corrected chi connectivity index (χ1v) is 9.49. The number of carbonyl (C=O) groups excluding carboxylic acids is 1. The van der Waals surface area contributed by atoms with Crippen LogP contribution in [-0.4, -0.2) is 38.8 Å². The number of nitrogens with zero attached hydrogens (tertiary/aromatic N) is 3. The molecule has 6 nitrogen and oxygen atoms in total. The highest BCUT2D eigenvalue weighted by Crippen LogP contribution is 2.40. The highest BCUT2D eigenvalue weighted by Gasteiger charge is 2.33. The molecule has 1 aromatic carbocycles. The molecule has 6 heteroatoms. The van der Waals surface area contributed by atoms with Crippen molar-refractivity contribution in [3.8, 4) is 5.75 Å². The van der Waals surface area contributed by atoms with Gasteiger partial charge < -0.3 is 14.7 Å². The second kappa shape index (κ2) is 6.13. The van der Waals surface area contributed by atoms with E-state index in [0.717, 1.165) is 60.6 Å². The molecule has 0 unspecified atom stereocenters. The molecule has 1 amide bonds. The van der Waals surface area contributed by atoms with Gasteiger partial charge >= 0.3 is 0 Å². The van der Waals surface area contributed by atoms with Crippen LogP contribution in [0.5, 0.6) is 5.75 Å². The molecule has 0 radical (unpaired) electrons. The van der Waals surface area contributed by atoms with Gasteiger partial charge in [-0.25, -0.2) is 0 Å². The zero-order valence-corrected chi connectivity index (χ0v) is 14.7. The van der Waals surface area contributed by atoms with Crippen molar-refractivity contribution in [1.82, 2.24) is 14.7 Å². The number of aryl methyl sites for hydroxylation is 1. The number of amides is 1. The lowest BCUT2D eigenvalue weighted by molar-refractivity contribution is 0.0705. The molecule has 1 fully saturated rings. The summed E-state index contributed by atoms with van der Waals surface area (Å²) >= 11 is 0. The summed E-state index contributed by atoms with van der Waals surface area (Å²) < 4.78 is 7.58. The van der Waals surface area contributed by atoms with E-state index in [4.69, 9.17) is 4.74 Å². The fourth-order valence-electron chi connectivity index (χ4n) is 3.94. The summed E-state index contributed by atoms with van der Waals surface area (Å²) in [5.41, 5.74) is 3.60. The van der Waals surface area contributed by atoms with Gasteiger partial charge in [0.1, 0.15) is 11.9 Å². The first kappa shape index (κ1) is 15.9. The van der Waals surface area contributed by atoms with Gasteiger partial charge in [-0.3, -0.25) is 9.48 Å². The van der Waals surface area contributed by atoms with Crippen molar-refractivity contribution in [3.05, 3.63) is 46.8 Å². The van der Waals surface area contributed by atoms with Crippen LogP contribution in [0.1, 0.15) is 52.7 Å². The Morgan fingerprint density at radius 3 is 3.00 bits per heavy atom. The van der Waals surface area contributed by atoms with Crippen molar-refractivity contribution in [3.63, 3.8) is 0 Å². The summed E-state index contributed by atoms with van der Waals surface area (Å²) in [4.78, 5) is 14.8. The lowest BCUT2D eigenvalue weighted by Crippen LogP contribution is -2.38. The van der Waals surface area contributed by atoms with Crippen LogP contribution in [0.25, 0.3) is 0 Å². The predicted octanol–water partition coefficient (Wildman–Crippen LogP) is 2.31. The maximum Gasteiger partial charge on any atom is 0.254 e. The summed E-state index contributed by atoms with van der Waals surface area (Å²) in [5.74, 6) is 1.32. The molecule has 1 saturated carbocycles. The Morgan fingerprint density at radius 1 is 1.27 bits per heavy atom. The van der Waals surface area contributed by atoms with Crippen LogP contribution in [0.4, 0.5) is 0 Å². The first-order chi connectivity index (χ1) is 12.7. The van der Waals surface area contributed by atoms with Gasteiger partial charge in [-0.1, -0.05) is 0 Å². The van der Waals surface area contributed by atoms with Crippen molar-refractivity contribution in [2.75, 3.05) is 13.2 Å². The number of aromatic nitrogens is 2. The van der Waals surface area contributed by atoms with E-state index in [9.17, 15) is 9.90 Å². The Hall–Kier alpha value is -2.34. The number of aliphatic hydroxyl groups excluding tert-OH is 1. The van der Waals surface area contributed by atoms with Crippen molar-refractivity contribution >= 4 is 5.91 Å². The number of benzene rings is 1. The third-order valence-electron chi connectivity index (χ3n) is 5.63. The number of ether oxygens (including phenoxy) is 1. The zero-order valence-electron chi connectivity index (χ0n) is 14.7. The third kappa shape index (κ3) is 2.78. The van der Waals surface area contributed by atoms with Gasteiger partial charge in [0.25, 0.3) is 5.91 Å². The number of fused-ring (bicyclic) bond motifs is 2. The molecule has 2 aromatic rings. The second-order valence-electron chi connectivity index (χ2n) is 7.57. The minimum absolute atomic E-state index is 0.0510. The van der Waals surface area contributed by atoms with Gasteiger partial charge in [0.15, 0.2) is 0 Å². The molecule has 1 aliphatic carbocycles. The van der Waals surface area contributed by atoms with Gasteiger partial charge in [0.05, 0.1) is 31.1 Å². The Balaban J connectivity index is 1.34. The van der Waals surface area contributed by atoms with Crippen molar-refractivity contribution in [1.29, 1.82) is 0 Å². The fourth-order valence-corrected chi connectivity index (χ4v) is 3.94. The lowest BCUT2D eigenvalue weighted by atomic mass is 10.0. The molecular weight excluding hydrogens is 330 g/mol. The molecule has 1 N–H and O–H groups in total. The highest BCUT2D eigenvalue weighted by atomic mass is 16.5. The van der Waals surface area contributed by atoms with E-state index in [1.165, 1.54) is 0 Å². The Labute approximate surface area is 152 Å². The molecular formula is C20H23N3O3. The number of hydrogen-bond acceptors (Lipinski definition) is 4. The molecule has 26 heavy (non-hydrogen) atoms. The van der Waals surface area contributed by atoms with Crippen molar-refractivity contribution in [2.45, 2.75) is 44.9 Å². The molecule has 5 rings (SSSR count). The topological polar surface area (TPSA) is 67.6 Å². The van der Waals surface area contributed by atoms with Gasteiger partial charge in [0, 0.05) is 12.1 Å². The Morgan fingerprint density at radius 2 is 2.15 bits per heavy atom. The minimum atomic E-state index is -0.460. The van der Waals surface area contributed by atoms with E-state index in [1.807, 2.05) is 33.8 Å². The van der Waals surface area contributed by atoms with E-state index in [0.29, 0.717) is 25.6 Å². The number of hydrogen-bond donors (Lipinski definition) is 1. The SMILES string of the molecule is O=C(c1ccc2c(c1)CCCO2)N1CCn2nc([C@@H](O)C3CC3)cc2C1. The smallest absolute Gasteiger partial charge is 0.254 e. The Bertz CT molecular complexity index is 856.